The van der Waals surface area contributed by atoms with E-state index in [2.05, 4.69) is 15.5 Å². The molecule has 0 aromatic carbocycles. The highest BCUT2D eigenvalue weighted by Gasteiger charge is 2.16. The molecular formula is C13H28N4O2. The fourth-order valence-corrected chi connectivity index (χ4v) is 2.24. The molecule has 0 aromatic heterocycles. The van der Waals surface area contributed by atoms with Crippen LogP contribution in [-0.4, -0.2) is 86.3 Å². The summed E-state index contributed by atoms with van der Waals surface area (Å²) in [4.78, 5) is 15.7. The van der Waals surface area contributed by atoms with Gasteiger partial charge in [0.05, 0.1) is 12.6 Å². The van der Waals surface area contributed by atoms with Crippen LogP contribution in [0, 0.1) is 0 Å². The fraction of sp³-hybridized carbons (Fsp3) is 0.923. The van der Waals surface area contributed by atoms with Crippen LogP contribution in [0.4, 0.5) is 0 Å². The summed E-state index contributed by atoms with van der Waals surface area (Å²) < 4.78 is 0. The quantitative estimate of drug-likeness (QED) is 0.513. The molecule has 0 bridgehead atoms. The number of hydrogen-bond acceptors (Lipinski definition) is 5. The minimum absolute atomic E-state index is 0.0266. The molecule has 1 fully saturated rings. The summed E-state index contributed by atoms with van der Waals surface area (Å²) in [6.45, 7) is 8.25. The van der Waals surface area contributed by atoms with Gasteiger partial charge < -0.3 is 15.7 Å². The monoisotopic (exact) mass is 272 g/mol. The Morgan fingerprint density at radius 1 is 1.47 bits per heavy atom. The molecule has 1 aliphatic heterocycles. The number of likely N-dealkylation sites (N-methyl/N-ethyl adjacent to an activating group) is 1. The Labute approximate surface area is 116 Å². The van der Waals surface area contributed by atoms with E-state index in [1.54, 1.807) is 0 Å². The average molecular weight is 272 g/mol. The van der Waals surface area contributed by atoms with E-state index in [0.29, 0.717) is 19.6 Å². The van der Waals surface area contributed by atoms with E-state index in [9.17, 15) is 9.90 Å². The lowest BCUT2D eigenvalue weighted by Crippen LogP contribution is -2.48. The number of rotatable bonds is 8. The van der Waals surface area contributed by atoms with Crippen LogP contribution in [-0.2, 0) is 4.79 Å². The van der Waals surface area contributed by atoms with Crippen LogP contribution < -0.4 is 10.6 Å². The summed E-state index contributed by atoms with van der Waals surface area (Å²) in [5.74, 6) is 0.0266. The smallest absolute Gasteiger partial charge is 0.234 e. The number of carbonyl (C=O) groups excluding carboxylic acids is 1. The Hall–Kier alpha value is -0.690. The SMILES string of the molecule is CCCNC(=O)CN(C)CC(O)CN1CCNCC1. The second-order valence-electron chi connectivity index (χ2n) is 5.25. The zero-order chi connectivity index (χ0) is 14.1. The molecule has 0 radical (unpaired) electrons. The van der Waals surface area contributed by atoms with Crippen molar-refractivity contribution in [3.05, 3.63) is 0 Å². The van der Waals surface area contributed by atoms with Crippen molar-refractivity contribution in [2.45, 2.75) is 19.4 Å². The summed E-state index contributed by atoms with van der Waals surface area (Å²) in [6.07, 6.45) is 0.545. The second kappa shape index (κ2) is 9.25. The van der Waals surface area contributed by atoms with Gasteiger partial charge in [0.2, 0.25) is 5.91 Å². The van der Waals surface area contributed by atoms with Gasteiger partial charge in [0.25, 0.3) is 0 Å². The molecule has 6 heteroatoms. The second-order valence-corrected chi connectivity index (χ2v) is 5.25. The minimum Gasteiger partial charge on any atom is -0.390 e. The molecule has 1 atom stereocenters. The van der Waals surface area contributed by atoms with Gasteiger partial charge in [0.15, 0.2) is 0 Å². The van der Waals surface area contributed by atoms with Gasteiger partial charge in [-0.3, -0.25) is 14.6 Å². The van der Waals surface area contributed by atoms with Gasteiger partial charge in [-0.05, 0) is 13.5 Å². The van der Waals surface area contributed by atoms with Gasteiger partial charge in [-0.2, -0.15) is 0 Å². The number of nitrogens with one attached hydrogen (secondary N) is 2. The fourth-order valence-electron chi connectivity index (χ4n) is 2.24. The lowest BCUT2D eigenvalue weighted by Gasteiger charge is -2.30. The van der Waals surface area contributed by atoms with Crippen LogP contribution in [0.3, 0.4) is 0 Å². The maximum Gasteiger partial charge on any atom is 0.234 e. The minimum atomic E-state index is -0.401. The van der Waals surface area contributed by atoms with E-state index >= 15 is 0 Å². The molecule has 1 rings (SSSR count). The summed E-state index contributed by atoms with van der Waals surface area (Å²) in [6, 6.07) is 0. The van der Waals surface area contributed by atoms with Crippen molar-refractivity contribution >= 4 is 5.91 Å². The first-order chi connectivity index (χ1) is 9.11. The first kappa shape index (κ1) is 16.4. The van der Waals surface area contributed by atoms with E-state index in [1.165, 1.54) is 0 Å². The summed E-state index contributed by atoms with van der Waals surface area (Å²) in [7, 11) is 1.87. The number of aliphatic hydroxyl groups is 1. The standard InChI is InChI=1S/C13H28N4O2/c1-3-4-15-13(19)11-16(2)9-12(18)10-17-7-5-14-6-8-17/h12,14,18H,3-11H2,1-2H3,(H,15,19). The first-order valence-electron chi connectivity index (χ1n) is 7.18. The molecule has 19 heavy (non-hydrogen) atoms. The van der Waals surface area contributed by atoms with Crippen LogP contribution in [0.15, 0.2) is 0 Å². The molecule has 0 spiro atoms. The molecule has 6 nitrogen and oxygen atoms in total. The molecule has 1 aliphatic rings. The lowest BCUT2D eigenvalue weighted by atomic mass is 10.2. The van der Waals surface area contributed by atoms with Crippen LogP contribution in [0.1, 0.15) is 13.3 Å². The number of piperazine rings is 1. The van der Waals surface area contributed by atoms with Gasteiger partial charge in [-0.25, -0.2) is 0 Å². The van der Waals surface area contributed by atoms with Gasteiger partial charge in [-0.1, -0.05) is 6.92 Å². The predicted molar refractivity (Wildman–Crippen MR) is 76.1 cm³/mol. The third-order valence-electron chi connectivity index (χ3n) is 3.19. The van der Waals surface area contributed by atoms with Gasteiger partial charge >= 0.3 is 0 Å². The van der Waals surface area contributed by atoms with Crippen molar-refractivity contribution in [1.82, 2.24) is 20.4 Å². The number of carbonyl (C=O) groups is 1. The van der Waals surface area contributed by atoms with Crippen LogP contribution in [0.5, 0.6) is 0 Å². The van der Waals surface area contributed by atoms with Crippen molar-refractivity contribution < 1.29 is 9.90 Å². The van der Waals surface area contributed by atoms with E-state index < -0.39 is 6.10 Å². The number of nitrogens with zero attached hydrogens (tertiary/aromatic N) is 2. The molecular weight excluding hydrogens is 244 g/mol. The molecule has 1 heterocycles. The number of amides is 1. The Bertz CT molecular complexity index is 257. The van der Waals surface area contributed by atoms with E-state index in [4.69, 9.17) is 0 Å². The number of hydrogen-bond donors (Lipinski definition) is 3. The molecule has 1 amide bonds. The topological polar surface area (TPSA) is 67.8 Å². The van der Waals surface area contributed by atoms with Gasteiger partial charge in [-0.15, -0.1) is 0 Å². The molecule has 0 saturated carbocycles. The summed E-state index contributed by atoms with van der Waals surface area (Å²) in [5, 5.41) is 16.2. The lowest BCUT2D eigenvalue weighted by molar-refractivity contribution is -0.122. The number of β-amino-alcohol motifs (C(OH)–C–C–N with tert-alkyl or cyclic N) is 1. The van der Waals surface area contributed by atoms with Crippen LogP contribution >= 0.6 is 0 Å². The molecule has 1 unspecified atom stereocenters. The highest BCUT2D eigenvalue weighted by atomic mass is 16.3. The summed E-state index contributed by atoms with van der Waals surface area (Å²) >= 11 is 0. The molecule has 1 saturated heterocycles. The third kappa shape index (κ3) is 7.47. The van der Waals surface area contributed by atoms with Crippen molar-refractivity contribution in [2.24, 2.45) is 0 Å². The Kier molecular flexibility index (Phi) is 7.97. The van der Waals surface area contributed by atoms with Crippen molar-refractivity contribution in [2.75, 3.05) is 59.4 Å². The maximum atomic E-state index is 11.5. The molecule has 112 valence electrons. The van der Waals surface area contributed by atoms with Crippen molar-refractivity contribution in [3.8, 4) is 0 Å². The molecule has 3 N–H and O–H groups in total. The normalized spacial score (nSPS) is 18.5. The van der Waals surface area contributed by atoms with Crippen molar-refractivity contribution in [3.63, 3.8) is 0 Å². The van der Waals surface area contributed by atoms with Crippen LogP contribution in [0.25, 0.3) is 0 Å². The van der Waals surface area contributed by atoms with Crippen molar-refractivity contribution in [1.29, 1.82) is 0 Å². The van der Waals surface area contributed by atoms with Gasteiger partial charge in [0, 0.05) is 45.8 Å². The maximum absolute atomic E-state index is 11.5. The third-order valence-corrected chi connectivity index (χ3v) is 3.19. The molecule has 0 aliphatic carbocycles. The highest BCUT2D eigenvalue weighted by molar-refractivity contribution is 5.77. The Morgan fingerprint density at radius 2 is 2.16 bits per heavy atom. The molecule has 0 aromatic rings. The predicted octanol–water partition coefficient (Wildman–Crippen LogP) is -1.29. The van der Waals surface area contributed by atoms with Gasteiger partial charge in [0.1, 0.15) is 0 Å². The largest absolute Gasteiger partial charge is 0.390 e. The Morgan fingerprint density at radius 3 is 2.79 bits per heavy atom. The highest BCUT2D eigenvalue weighted by Crippen LogP contribution is 1.97. The van der Waals surface area contributed by atoms with E-state index in [-0.39, 0.29) is 5.91 Å². The number of aliphatic hydroxyl groups excluding tert-OH is 1. The first-order valence-corrected chi connectivity index (χ1v) is 7.18. The van der Waals surface area contributed by atoms with Crippen LogP contribution in [0.2, 0.25) is 0 Å². The summed E-state index contributed by atoms with van der Waals surface area (Å²) in [5.41, 5.74) is 0. The zero-order valence-electron chi connectivity index (χ0n) is 12.2. The van der Waals surface area contributed by atoms with E-state index in [1.807, 2.05) is 18.9 Å². The Balaban J connectivity index is 2.15. The van der Waals surface area contributed by atoms with E-state index in [0.717, 1.165) is 39.1 Å². The average Bonchev–Trinajstić information content (AvgIpc) is 2.37. The zero-order valence-corrected chi connectivity index (χ0v) is 12.2.